The first kappa shape index (κ1) is 19.4. The van der Waals surface area contributed by atoms with Gasteiger partial charge in [-0.2, -0.15) is 0 Å². The number of hydrogen-bond donors (Lipinski definition) is 0. The Morgan fingerprint density at radius 2 is 1.56 bits per heavy atom. The Morgan fingerprint density at radius 3 is 2.26 bits per heavy atom. The van der Waals surface area contributed by atoms with Crippen molar-refractivity contribution >= 4 is 16.3 Å². The maximum absolute atomic E-state index is 4.40. The van der Waals surface area contributed by atoms with Gasteiger partial charge in [0.2, 0.25) is 0 Å². The Morgan fingerprint density at radius 1 is 0.815 bits per heavy atom. The summed E-state index contributed by atoms with van der Waals surface area (Å²) >= 11 is 0. The molecule has 0 unspecified atom stereocenters. The van der Waals surface area contributed by atoms with Crippen LogP contribution in [0.1, 0.15) is 60.4 Å². The highest BCUT2D eigenvalue weighted by molar-refractivity contribution is 5.87. The molecule has 3 rings (SSSR count). The molecule has 0 spiro atoms. The highest BCUT2D eigenvalue weighted by atomic mass is 14.1. The second-order valence-electron chi connectivity index (χ2n) is 7.84. The molecule has 0 bridgehead atoms. The standard InChI is InChI=1S/C27H32/c1-5-6-7-10-24-16-15-23(17-21(24)3)14-13-20(2)27-19-26-12-9-8-11-25(26)18-22(27)4/h8-9,11-12,15-19H,2,5-7,10,13-14H2,1,3-4H3. The number of aryl methyl sites for hydroxylation is 4. The van der Waals surface area contributed by atoms with E-state index in [0.29, 0.717) is 0 Å². The van der Waals surface area contributed by atoms with E-state index < -0.39 is 0 Å². The predicted octanol–water partition coefficient (Wildman–Crippen LogP) is 7.84. The first-order chi connectivity index (χ1) is 13.1. The minimum Gasteiger partial charge on any atom is -0.0952 e. The van der Waals surface area contributed by atoms with Crippen LogP contribution in [0.2, 0.25) is 0 Å². The third-order valence-corrected chi connectivity index (χ3v) is 5.65. The predicted molar refractivity (Wildman–Crippen MR) is 120 cm³/mol. The third kappa shape index (κ3) is 4.89. The van der Waals surface area contributed by atoms with Gasteiger partial charge in [0.05, 0.1) is 0 Å². The van der Waals surface area contributed by atoms with Crippen LogP contribution in [0.3, 0.4) is 0 Å². The van der Waals surface area contributed by atoms with E-state index in [-0.39, 0.29) is 0 Å². The molecule has 0 amide bonds. The van der Waals surface area contributed by atoms with Crippen LogP contribution in [0.5, 0.6) is 0 Å². The molecule has 0 aliphatic heterocycles. The smallest absolute Gasteiger partial charge is 0.0178 e. The maximum Gasteiger partial charge on any atom is -0.0178 e. The van der Waals surface area contributed by atoms with Gasteiger partial charge in [0.1, 0.15) is 0 Å². The van der Waals surface area contributed by atoms with E-state index in [2.05, 4.69) is 81.9 Å². The van der Waals surface area contributed by atoms with Gasteiger partial charge in [-0.25, -0.2) is 0 Å². The summed E-state index contributed by atoms with van der Waals surface area (Å²) in [5.74, 6) is 0. The maximum atomic E-state index is 4.40. The average molecular weight is 357 g/mol. The highest BCUT2D eigenvalue weighted by Gasteiger charge is 2.07. The minimum atomic E-state index is 1.01. The summed E-state index contributed by atoms with van der Waals surface area (Å²) in [6.07, 6.45) is 7.19. The Balaban J connectivity index is 1.67. The summed E-state index contributed by atoms with van der Waals surface area (Å²) < 4.78 is 0. The topological polar surface area (TPSA) is 0 Å². The summed E-state index contributed by atoms with van der Waals surface area (Å²) in [6.45, 7) is 11.1. The van der Waals surface area contributed by atoms with Crippen LogP contribution in [0.25, 0.3) is 16.3 Å². The first-order valence-electron chi connectivity index (χ1n) is 10.3. The van der Waals surface area contributed by atoms with Gasteiger partial charge >= 0.3 is 0 Å². The molecule has 0 fully saturated rings. The summed E-state index contributed by atoms with van der Waals surface area (Å²) in [7, 11) is 0. The van der Waals surface area contributed by atoms with Crippen molar-refractivity contribution < 1.29 is 0 Å². The minimum absolute atomic E-state index is 1.01. The number of benzene rings is 3. The van der Waals surface area contributed by atoms with Gasteiger partial charge in [0.25, 0.3) is 0 Å². The van der Waals surface area contributed by atoms with E-state index in [4.69, 9.17) is 0 Å². The fourth-order valence-corrected chi connectivity index (χ4v) is 3.92. The lowest BCUT2D eigenvalue weighted by Gasteiger charge is -2.13. The van der Waals surface area contributed by atoms with E-state index >= 15 is 0 Å². The van der Waals surface area contributed by atoms with E-state index in [0.717, 1.165) is 12.8 Å². The quantitative estimate of drug-likeness (QED) is 0.361. The molecule has 0 aliphatic rings. The lowest BCUT2D eigenvalue weighted by atomic mass is 9.92. The molecule has 0 aliphatic carbocycles. The Kier molecular flexibility index (Phi) is 6.50. The highest BCUT2D eigenvalue weighted by Crippen LogP contribution is 2.27. The second kappa shape index (κ2) is 9.04. The molecule has 140 valence electrons. The normalized spacial score (nSPS) is 11.1. The molecule has 3 aromatic carbocycles. The molecule has 0 saturated carbocycles. The Labute approximate surface area is 164 Å². The van der Waals surface area contributed by atoms with E-state index in [9.17, 15) is 0 Å². The van der Waals surface area contributed by atoms with Gasteiger partial charge in [0, 0.05) is 0 Å². The first-order valence-corrected chi connectivity index (χ1v) is 10.3. The number of fused-ring (bicyclic) bond motifs is 1. The van der Waals surface area contributed by atoms with Gasteiger partial charge < -0.3 is 0 Å². The largest absolute Gasteiger partial charge is 0.0952 e. The van der Waals surface area contributed by atoms with Gasteiger partial charge in [-0.1, -0.05) is 74.9 Å². The SMILES string of the molecule is C=C(CCc1ccc(CCCCC)c(C)c1)c1cc2ccccc2cc1C. The summed E-state index contributed by atoms with van der Waals surface area (Å²) in [5, 5.41) is 2.60. The van der Waals surface area contributed by atoms with Crippen LogP contribution < -0.4 is 0 Å². The summed E-state index contributed by atoms with van der Waals surface area (Å²) in [4.78, 5) is 0. The zero-order valence-corrected chi connectivity index (χ0v) is 17.1. The van der Waals surface area contributed by atoms with Gasteiger partial charge in [-0.3, -0.25) is 0 Å². The summed E-state index contributed by atoms with van der Waals surface area (Å²) in [5.41, 5.74) is 8.24. The van der Waals surface area contributed by atoms with Gasteiger partial charge in [0.15, 0.2) is 0 Å². The molecular formula is C27H32. The van der Waals surface area contributed by atoms with Crippen molar-refractivity contribution in [1.29, 1.82) is 0 Å². The van der Waals surface area contributed by atoms with Crippen LogP contribution in [0.15, 0.2) is 61.2 Å². The van der Waals surface area contributed by atoms with Crippen molar-refractivity contribution in [2.45, 2.75) is 59.3 Å². The van der Waals surface area contributed by atoms with Crippen LogP contribution in [-0.4, -0.2) is 0 Å². The number of allylic oxidation sites excluding steroid dienone is 1. The van der Waals surface area contributed by atoms with Gasteiger partial charge in [-0.15, -0.1) is 0 Å². The fraction of sp³-hybridized carbons (Fsp3) is 0.333. The number of unbranched alkanes of at least 4 members (excludes halogenated alkanes) is 2. The zero-order chi connectivity index (χ0) is 19.2. The van der Waals surface area contributed by atoms with Gasteiger partial charge in [-0.05, 0) is 89.8 Å². The molecule has 0 heterocycles. The molecule has 0 heteroatoms. The van der Waals surface area contributed by atoms with E-state index in [1.54, 1.807) is 0 Å². The van der Waals surface area contributed by atoms with Crippen molar-refractivity contribution in [3.05, 3.63) is 89.0 Å². The Hall–Kier alpha value is -2.34. The van der Waals surface area contributed by atoms with Crippen molar-refractivity contribution in [3.8, 4) is 0 Å². The fourth-order valence-electron chi connectivity index (χ4n) is 3.92. The van der Waals surface area contributed by atoms with Crippen molar-refractivity contribution in [3.63, 3.8) is 0 Å². The lowest BCUT2D eigenvalue weighted by Crippen LogP contribution is -1.95. The monoisotopic (exact) mass is 356 g/mol. The van der Waals surface area contributed by atoms with Crippen LogP contribution in [-0.2, 0) is 12.8 Å². The number of rotatable bonds is 8. The molecule has 0 saturated heterocycles. The molecule has 0 radical (unpaired) electrons. The summed E-state index contributed by atoms with van der Waals surface area (Å²) in [6, 6.07) is 20.2. The van der Waals surface area contributed by atoms with Crippen molar-refractivity contribution in [2.24, 2.45) is 0 Å². The molecular weight excluding hydrogens is 324 g/mol. The van der Waals surface area contributed by atoms with Crippen LogP contribution >= 0.6 is 0 Å². The molecule has 0 aromatic heterocycles. The molecule has 27 heavy (non-hydrogen) atoms. The average Bonchev–Trinajstić information content (AvgIpc) is 2.67. The zero-order valence-electron chi connectivity index (χ0n) is 17.1. The number of hydrogen-bond acceptors (Lipinski definition) is 0. The van der Waals surface area contributed by atoms with Crippen molar-refractivity contribution in [1.82, 2.24) is 0 Å². The molecule has 3 aromatic rings. The third-order valence-electron chi connectivity index (χ3n) is 5.65. The molecule has 0 N–H and O–H groups in total. The molecule has 0 atom stereocenters. The van der Waals surface area contributed by atoms with Crippen LogP contribution in [0.4, 0.5) is 0 Å². The van der Waals surface area contributed by atoms with Crippen molar-refractivity contribution in [2.75, 3.05) is 0 Å². The Bertz CT molecular complexity index is 930. The molecule has 0 nitrogen and oxygen atoms in total. The lowest BCUT2D eigenvalue weighted by molar-refractivity contribution is 0.715. The second-order valence-corrected chi connectivity index (χ2v) is 7.84. The van der Waals surface area contributed by atoms with Crippen LogP contribution in [0, 0.1) is 13.8 Å². The van der Waals surface area contributed by atoms with E-state index in [1.165, 1.54) is 69.8 Å². The van der Waals surface area contributed by atoms with E-state index in [1.807, 2.05) is 0 Å².